The van der Waals surface area contributed by atoms with E-state index in [1.54, 1.807) is 18.3 Å². The molecule has 0 bridgehead atoms. The van der Waals surface area contributed by atoms with Crippen molar-refractivity contribution in [2.45, 2.75) is 56.7 Å². The van der Waals surface area contributed by atoms with Crippen LogP contribution in [0.4, 0.5) is 22.0 Å². The molecule has 2 aromatic rings. The Hall–Kier alpha value is -2.30. The summed E-state index contributed by atoms with van der Waals surface area (Å²) in [6.45, 7) is -0.395. The van der Waals surface area contributed by atoms with Gasteiger partial charge in [0.05, 0.1) is 29.5 Å². The highest BCUT2D eigenvalue weighted by Crippen LogP contribution is 2.66. The highest BCUT2D eigenvalue weighted by atomic mass is 19.4. The van der Waals surface area contributed by atoms with Crippen molar-refractivity contribution in [3.63, 3.8) is 0 Å². The minimum Gasteiger partial charge on any atom is -0.355 e. The highest BCUT2D eigenvalue weighted by molar-refractivity contribution is 5.79. The molecule has 0 aromatic carbocycles. The summed E-state index contributed by atoms with van der Waals surface area (Å²) in [7, 11) is 0. The van der Waals surface area contributed by atoms with Crippen molar-refractivity contribution >= 4 is 11.6 Å². The number of hydrogen-bond acceptors (Lipinski definition) is 4. The lowest BCUT2D eigenvalue weighted by Gasteiger charge is -2.58. The lowest BCUT2D eigenvalue weighted by atomic mass is 9.49. The van der Waals surface area contributed by atoms with Gasteiger partial charge in [0, 0.05) is 31.7 Å². The summed E-state index contributed by atoms with van der Waals surface area (Å²) in [5.41, 5.74) is 7.69. The number of fused-ring (bicyclic) bond motifs is 1. The van der Waals surface area contributed by atoms with Crippen molar-refractivity contribution in [2.24, 2.45) is 28.9 Å². The monoisotopic (exact) mass is 457 g/mol. The number of hydrogen-bond donors (Lipinski definition) is 2. The fourth-order valence-corrected chi connectivity index (χ4v) is 5.67. The van der Waals surface area contributed by atoms with E-state index in [1.807, 2.05) is 0 Å². The molecule has 11 heteroatoms. The summed E-state index contributed by atoms with van der Waals surface area (Å²) < 4.78 is 67.1. The molecule has 2 aliphatic carbocycles. The largest absolute Gasteiger partial charge is 0.393 e. The SMILES string of the molecule is N[C@H](c1cn2nc(CC3C[C@@H](C(F)(F)F)CNC3=O)ccc2n1)C1CC2(C1)CC(F)(F)C2. The van der Waals surface area contributed by atoms with Crippen LogP contribution in [0.15, 0.2) is 18.3 Å². The van der Waals surface area contributed by atoms with Crippen LogP contribution < -0.4 is 11.1 Å². The number of carbonyl (C=O) groups excluding carboxylic acids is 1. The maximum Gasteiger partial charge on any atom is 0.393 e. The van der Waals surface area contributed by atoms with Crippen LogP contribution in [0.1, 0.15) is 49.5 Å². The molecule has 3 aliphatic rings. The summed E-state index contributed by atoms with van der Waals surface area (Å²) in [6.07, 6.45) is -1.67. The maximum absolute atomic E-state index is 13.2. The Morgan fingerprint density at radius 3 is 2.62 bits per heavy atom. The Balaban J connectivity index is 1.26. The second-order valence-electron chi connectivity index (χ2n) is 9.82. The fourth-order valence-electron chi connectivity index (χ4n) is 5.67. The summed E-state index contributed by atoms with van der Waals surface area (Å²) in [5, 5.41) is 6.75. The normalized spacial score (nSPS) is 28.2. The van der Waals surface area contributed by atoms with E-state index >= 15 is 0 Å². The van der Waals surface area contributed by atoms with Gasteiger partial charge in [-0.05, 0) is 42.7 Å². The van der Waals surface area contributed by atoms with Crippen molar-refractivity contribution in [1.82, 2.24) is 19.9 Å². The molecular formula is C21H24F5N5O. The standard InChI is InChI=1S/C21H24F5N5O/c22-20(23)9-19(10-20)5-12(6-19)17(27)15-8-31-16(29-15)2-1-14(30-31)4-11-3-13(21(24,25)26)7-28-18(11)32/h1-2,8,11-13,17H,3-7,9-10,27H2,(H,28,32)/t11?,13-,17+/m1/s1. The molecule has 1 aliphatic heterocycles. The van der Waals surface area contributed by atoms with Crippen LogP contribution in [0.3, 0.4) is 0 Å². The van der Waals surface area contributed by atoms with E-state index in [4.69, 9.17) is 5.73 Å². The summed E-state index contributed by atoms with van der Waals surface area (Å²) in [6, 6.07) is 2.95. The van der Waals surface area contributed by atoms with Crippen molar-refractivity contribution in [3.05, 3.63) is 29.7 Å². The fraction of sp³-hybridized carbons (Fsp3) is 0.667. The number of nitrogens with two attached hydrogens (primary N) is 1. The van der Waals surface area contributed by atoms with E-state index in [0.717, 1.165) is 0 Å². The van der Waals surface area contributed by atoms with Gasteiger partial charge in [0.1, 0.15) is 0 Å². The van der Waals surface area contributed by atoms with Gasteiger partial charge in [0.15, 0.2) is 5.65 Å². The molecule has 3 N–H and O–H groups in total. The lowest BCUT2D eigenvalue weighted by Crippen LogP contribution is -2.55. The lowest BCUT2D eigenvalue weighted by molar-refractivity contribution is -0.209. The van der Waals surface area contributed by atoms with Gasteiger partial charge in [-0.15, -0.1) is 0 Å². The molecular weight excluding hydrogens is 433 g/mol. The minimum absolute atomic E-state index is 0.0662. The first-order valence-electron chi connectivity index (χ1n) is 10.8. The second kappa shape index (κ2) is 7.10. The second-order valence-corrected chi connectivity index (χ2v) is 9.82. The van der Waals surface area contributed by atoms with E-state index < -0.39 is 42.4 Å². The number of piperidine rings is 1. The third-order valence-corrected chi connectivity index (χ3v) is 7.28. The Morgan fingerprint density at radius 2 is 1.97 bits per heavy atom. The Labute approximate surface area is 180 Å². The molecule has 1 spiro atoms. The van der Waals surface area contributed by atoms with E-state index in [1.165, 1.54) is 4.52 Å². The zero-order chi connectivity index (χ0) is 22.9. The zero-order valence-corrected chi connectivity index (χ0v) is 17.2. The molecule has 1 saturated heterocycles. The summed E-state index contributed by atoms with van der Waals surface area (Å²) >= 11 is 0. The third-order valence-electron chi connectivity index (χ3n) is 7.28. The molecule has 1 unspecified atom stereocenters. The van der Waals surface area contributed by atoms with Gasteiger partial charge in [0.2, 0.25) is 11.8 Å². The number of nitrogens with one attached hydrogen (secondary N) is 1. The van der Waals surface area contributed by atoms with Crippen LogP contribution in [-0.2, 0) is 11.2 Å². The molecule has 2 saturated carbocycles. The molecule has 6 nitrogen and oxygen atoms in total. The third kappa shape index (κ3) is 3.84. The predicted molar refractivity (Wildman–Crippen MR) is 104 cm³/mol. The average Bonchev–Trinajstić information content (AvgIpc) is 3.07. The van der Waals surface area contributed by atoms with E-state index in [0.29, 0.717) is 29.9 Å². The Morgan fingerprint density at radius 1 is 1.25 bits per heavy atom. The van der Waals surface area contributed by atoms with Gasteiger partial charge in [-0.1, -0.05) is 0 Å². The van der Waals surface area contributed by atoms with Crippen LogP contribution >= 0.6 is 0 Å². The minimum atomic E-state index is -4.35. The van der Waals surface area contributed by atoms with Crippen molar-refractivity contribution < 1.29 is 26.7 Å². The number of rotatable bonds is 4. The number of alkyl halides is 5. The van der Waals surface area contributed by atoms with Crippen molar-refractivity contribution in [3.8, 4) is 0 Å². The summed E-state index contributed by atoms with van der Waals surface area (Å²) in [4.78, 5) is 16.6. The quantitative estimate of drug-likeness (QED) is 0.690. The van der Waals surface area contributed by atoms with Gasteiger partial charge in [-0.25, -0.2) is 18.3 Å². The number of imidazole rings is 1. The van der Waals surface area contributed by atoms with E-state index in [9.17, 15) is 26.7 Å². The van der Waals surface area contributed by atoms with Crippen LogP contribution in [0.2, 0.25) is 0 Å². The highest BCUT2D eigenvalue weighted by Gasteiger charge is 2.62. The molecule has 3 heterocycles. The Kier molecular flexibility index (Phi) is 4.78. The molecule has 32 heavy (non-hydrogen) atoms. The first kappa shape index (κ1) is 21.5. The Bertz CT molecular complexity index is 1030. The first-order valence-corrected chi connectivity index (χ1v) is 10.8. The summed E-state index contributed by atoms with van der Waals surface area (Å²) in [5.74, 6) is -5.24. The molecule has 174 valence electrons. The van der Waals surface area contributed by atoms with Crippen LogP contribution in [0, 0.1) is 23.2 Å². The van der Waals surface area contributed by atoms with Crippen molar-refractivity contribution in [1.29, 1.82) is 0 Å². The smallest absolute Gasteiger partial charge is 0.355 e. The zero-order valence-electron chi connectivity index (χ0n) is 17.2. The molecule has 1 amide bonds. The van der Waals surface area contributed by atoms with Crippen LogP contribution in [0.5, 0.6) is 0 Å². The molecule has 3 fully saturated rings. The number of amides is 1. The number of aromatic nitrogens is 3. The maximum atomic E-state index is 13.2. The van der Waals surface area contributed by atoms with Crippen LogP contribution in [0.25, 0.3) is 5.65 Å². The van der Waals surface area contributed by atoms with Gasteiger partial charge in [0.25, 0.3) is 0 Å². The van der Waals surface area contributed by atoms with Crippen molar-refractivity contribution in [2.75, 3.05) is 6.54 Å². The molecule has 3 atom stereocenters. The van der Waals surface area contributed by atoms with Gasteiger partial charge >= 0.3 is 6.18 Å². The number of nitrogens with zero attached hydrogens (tertiary/aromatic N) is 3. The van der Waals surface area contributed by atoms with Crippen LogP contribution in [-0.4, -0.2) is 39.1 Å². The number of halogens is 5. The van der Waals surface area contributed by atoms with Gasteiger partial charge in [-0.3, -0.25) is 4.79 Å². The van der Waals surface area contributed by atoms with E-state index in [2.05, 4.69) is 15.4 Å². The van der Waals surface area contributed by atoms with Gasteiger partial charge in [-0.2, -0.15) is 18.3 Å². The molecule has 2 aromatic heterocycles. The first-order chi connectivity index (χ1) is 14.9. The van der Waals surface area contributed by atoms with E-state index in [-0.39, 0.29) is 37.0 Å². The molecule has 5 rings (SSSR count). The predicted octanol–water partition coefficient (Wildman–Crippen LogP) is 3.41. The topological polar surface area (TPSA) is 85.3 Å². The van der Waals surface area contributed by atoms with Gasteiger partial charge < -0.3 is 11.1 Å². The average molecular weight is 457 g/mol. The number of carbonyl (C=O) groups is 1. The molecule has 0 radical (unpaired) electrons.